The number of rotatable bonds is 4. The van der Waals surface area contributed by atoms with Crippen LogP contribution in [0.2, 0.25) is 0 Å². The van der Waals surface area contributed by atoms with Crippen molar-refractivity contribution in [2.75, 3.05) is 23.4 Å². The average molecular weight is 406 g/mol. The fraction of sp³-hybridized carbons (Fsp3) is 0.333. The number of aromatic nitrogens is 4. The molecule has 9 heteroatoms. The van der Waals surface area contributed by atoms with E-state index in [0.29, 0.717) is 41.3 Å². The van der Waals surface area contributed by atoms with Crippen molar-refractivity contribution >= 4 is 39.7 Å². The molecule has 1 fully saturated rings. The summed E-state index contributed by atoms with van der Waals surface area (Å²) in [5.74, 6) is 1.11. The van der Waals surface area contributed by atoms with Crippen molar-refractivity contribution in [3.8, 4) is 0 Å². The van der Waals surface area contributed by atoms with Crippen molar-refractivity contribution in [1.29, 1.82) is 0 Å². The number of likely N-dealkylation sites (N-methyl/N-ethyl adjacent to an activating group) is 1. The molecule has 0 spiro atoms. The molecule has 9 nitrogen and oxygen atoms in total. The number of carboxylic acids is 1. The normalized spacial score (nSPS) is 19.1. The number of H-pyrrole nitrogens is 1. The maximum atomic E-state index is 12.1. The van der Waals surface area contributed by atoms with Crippen molar-refractivity contribution in [1.82, 2.24) is 20.2 Å². The molecule has 0 unspecified atom stereocenters. The number of anilines is 2. The molecule has 1 aromatic carbocycles. The molecule has 2 atom stereocenters. The molecule has 2 N–H and O–H groups in total. The Bertz CT molecular complexity index is 1260. The Morgan fingerprint density at radius 2 is 2.10 bits per heavy atom. The minimum absolute atomic E-state index is 0.0278. The van der Waals surface area contributed by atoms with Crippen LogP contribution in [0.4, 0.5) is 11.6 Å². The highest BCUT2D eigenvalue weighted by atomic mass is 16.4. The number of carbonyl (C=O) groups is 1. The first kappa shape index (κ1) is 18.4. The number of nitrogens with one attached hydrogen (secondary N) is 1. The number of nitrogens with zero attached hydrogens (tertiary/aromatic N) is 5. The first-order chi connectivity index (χ1) is 14.4. The van der Waals surface area contributed by atoms with E-state index in [4.69, 9.17) is 4.42 Å². The summed E-state index contributed by atoms with van der Waals surface area (Å²) in [5.41, 5.74) is 2.95. The number of hydrogen-bond acceptors (Lipinski definition) is 7. The van der Waals surface area contributed by atoms with E-state index in [2.05, 4.69) is 25.1 Å². The zero-order valence-corrected chi connectivity index (χ0v) is 17.0. The number of aromatic amines is 1. The number of hydrogen-bond donors (Lipinski definition) is 2. The summed E-state index contributed by atoms with van der Waals surface area (Å²) in [6, 6.07) is 6.92. The van der Waals surface area contributed by atoms with Crippen molar-refractivity contribution in [2.24, 2.45) is 0 Å². The Labute approximate surface area is 172 Å². The van der Waals surface area contributed by atoms with Gasteiger partial charge in [-0.2, -0.15) is 5.10 Å². The van der Waals surface area contributed by atoms with Gasteiger partial charge in [0.25, 0.3) is 0 Å². The first-order valence-electron chi connectivity index (χ1n) is 9.82. The summed E-state index contributed by atoms with van der Waals surface area (Å²) >= 11 is 0. The molecule has 0 radical (unpaired) electrons. The predicted molar refractivity (Wildman–Crippen MR) is 113 cm³/mol. The lowest BCUT2D eigenvalue weighted by atomic mass is 10.1. The highest BCUT2D eigenvalue weighted by Gasteiger charge is 2.41. The van der Waals surface area contributed by atoms with Gasteiger partial charge in [0.2, 0.25) is 0 Å². The average Bonchev–Trinajstić information content (AvgIpc) is 3.43. The molecule has 5 rings (SSSR count). The minimum atomic E-state index is -0.882. The highest BCUT2D eigenvalue weighted by Crippen LogP contribution is 2.37. The molecule has 1 saturated heterocycles. The smallest absolute Gasteiger partial charge is 0.326 e. The second kappa shape index (κ2) is 6.72. The van der Waals surface area contributed by atoms with Crippen LogP contribution in [0.1, 0.15) is 17.8 Å². The van der Waals surface area contributed by atoms with Crippen LogP contribution in [0.5, 0.6) is 0 Å². The van der Waals surface area contributed by atoms with E-state index in [-0.39, 0.29) is 6.04 Å². The van der Waals surface area contributed by atoms with Gasteiger partial charge in [0.1, 0.15) is 28.8 Å². The van der Waals surface area contributed by atoms with Gasteiger partial charge in [-0.25, -0.2) is 14.8 Å². The van der Waals surface area contributed by atoms with Crippen LogP contribution in [-0.4, -0.2) is 56.9 Å². The molecule has 4 heterocycles. The molecule has 0 amide bonds. The fourth-order valence-electron chi connectivity index (χ4n) is 4.32. The summed E-state index contributed by atoms with van der Waals surface area (Å²) < 4.78 is 6.08. The number of carboxylic acid groups (broad SMARTS) is 1. The topological polar surface area (TPSA) is 111 Å². The largest absolute Gasteiger partial charge is 0.480 e. The third kappa shape index (κ3) is 2.77. The monoisotopic (exact) mass is 406 g/mol. The number of fused-ring (bicyclic) bond motifs is 3. The molecule has 3 aromatic heterocycles. The molecule has 0 saturated carbocycles. The summed E-state index contributed by atoms with van der Waals surface area (Å²) in [6.45, 7) is 4.28. The third-order valence-corrected chi connectivity index (χ3v) is 5.85. The molecule has 0 aliphatic carbocycles. The molecule has 0 bridgehead atoms. The van der Waals surface area contributed by atoms with Crippen molar-refractivity contribution in [3.05, 3.63) is 41.9 Å². The fourth-order valence-corrected chi connectivity index (χ4v) is 4.32. The van der Waals surface area contributed by atoms with E-state index in [0.717, 1.165) is 16.8 Å². The zero-order chi connectivity index (χ0) is 21.0. The summed E-state index contributed by atoms with van der Waals surface area (Å²) in [5, 5.41) is 17.9. The third-order valence-electron chi connectivity index (χ3n) is 5.85. The number of furan rings is 1. The van der Waals surface area contributed by atoms with Gasteiger partial charge in [-0.05, 0) is 26.0 Å². The molecule has 4 aromatic rings. The van der Waals surface area contributed by atoms with Crippen LogP contribution in [0.15, 0.2) is 34.9 Å². The Hall–Kier alpha value is -3.62. The van der Waals surface area contributed by atoms with E-state index in [1.54, 1.807) is 6.20 Å². The standard InChI is InChI=1S/C21H22N6O3/c1-11-9-22-25-19(11)26(3)13-8-15(21(28)29)27(10-13)20-18-17(23-12(2)24-20)14-6-4-5-7-16(14)30-18/h4-7,9,13,15H,8,10H2,1-3H3,(H,22,25)(H,28,29)/t13-,15-/m0/s1. The van der Waals surface area contributed by atoms with Crippen molar-refractivity contribution in [2.45, 2.75) is 32.4 Å². The number of aliphatic carboxylic acids is 1. The minimum Gasteiger partial charge on any atom is -0.480 e. The lowest BCUT2D eigenvalue weighted by molar-refractivity contribution is -0.138. The Morgan fingerprint density at radius 1 is 1.30 bits per heavy atom. The Morgan fingerprint density at radius 3 is 2.83 bits per heavy atom. The Balaban J connectivity index is 1.60. The van der Waals surface area contributed by atoms with Crippen molar-refractivity contribution < 1.29 is 14.3 Å². The SMILES string of the molecule is Cc1nc(N2C[C@@H](N(C)c3[nH]ncc3C)C[C@H]2C(=O)O)c2oc3ccccc3c2n1. The molecular formula is C21H22N6O3. The second-order valence-electron chi connectivity index (χ2n) is 7.78. The maximum absolute atomic E-state index is 12.1. The quantitative estimate of drug-likeness (QED) is 0.532. The Kier molecular flexibility index (Phi) is 4.12. The van der Waals surface area contributed by atoms with Gasteiger partial charge in [-0.3, -0.25) is 5.10 Å². The number of para-hydroxylation sites is 1. The molecule has 1 aliphatic rings. The van der Waals surface area contributed by atoms with Crippen LogP contribution in [-0.2, 0) is 4.79 Å². The maximum Gasteiger partial charge on any atom is 0.326 e. The highest BCUT2D eigenvalue weighted by molar-refractivity contribution is 6.06. The van der Waals surface area contributed by atoms with Gasteiger partial charge < -0.3 is 19.3 Å². The van der Waals surface area contributed by atoms with Crippen LogP contribution in [0, 0.1) is 13.8 Å². The molecular weight excluding hydrogens is 384 g/mol. The van der Waals surface area contributed by atoms with E-state index in [9.17, 15) is 9.90 Å². The summed E-state index contributed by atoms with van der Waals surface area (Å²) in [7, 11) is 1.95. The number of benzene rings is 1. The van der Waals surface area contributed by atoms with Crippen LogP contribution < -0.4 is 9.80 Å². The van der Waals surface area contributed by atoms with Crippen LogP contribution in [0.3, 0.4) is 0 Å². The van der Waals surface area contributed by atoms with E-state index in [1.165, 1.54) is 0 Å². The predicted octanol–water partition coefficient (Wildman–Crippen LogP) is 2.88. The van der Waals surface area contributed by atoms with Gasteiger partial charge in [0, 0.05) is 31.0 Å². The van der Waals surface area contributed by atoms with Gasteiger partial charge in [0.15, 0.2) is 11.4 Å². The number of aryl methyl sites for hydroxylation is 2. The molecule has 30 heavy (non-hydrogen) atoms. The molecule has 1 aliphatic heterocycles. The van der Waals surface area contributed by atoms with Gasteiger partial charge in [0.05, 0.1) is 12.2 Å². The van der Waals surface area contributed by atoms with Gasteiger partial charge >= 0.3 is 5.97 Å². The summed E-state index contributed by atoms with van der Waals surface area (Å²) in [6.07, 6.45) is 2.22. The van der Waals surface area contributed by atoms with Gasteiger partial charge in [-0.1, -0.05) is 12.1 Å². The van der Waals surface area contributed by atoms with Gasteiger partial charge in [-0.15, -0.1) is 0 Å². The van der Waals surface area contributed by atoms with Crippen LogP contribution in [0.25, 0.3) is 22.1 Å². The van der Waals surface area contributed by atoms with E-state index in [1.807, 2.05) is 50.1 Å². The van der Waals surface area contributed by atoms with Crippen LogP contribution >= 0.6 is 0 Å². The van der Waals surface area contributed by atoms with E-state index < -0.39 is 12.0 Å². The lowest BCUT2D eigenvalue weighted by Gasteiger charge is -2.26. The first-order valence-corrected chi connectivity index (χ1v) is 9.82. The van der Waals surface area contributed by atoms with E-state index >= 15 is 0 Å². The second-order valence-corrected chi connectivity index (χ2v) is 7.78. The lowest BCUT2D eigenvalue weighted by Crippen LogP contribution is -2.37. The molecule has 154 valence electrons. The zero-order valence-electron chi connectivity index (χ0n) is 17.0. The van der Waals surface area contributed by atoms with Crippen molar-refractivity contribution in [3.63, 3.8) is 0 Å². The summed E-state index contributed by atoms with van der Waals surface area (Å²) in [4.78, 5) is 25.2.